The van der Waals surface area contributed by atoms with Crippen LogP contribution in [0.3, 0.4) is 0 Å². The number of rotatable bonds is 5. The van der Waals surface area contributed by atoms with Crippen molar-refractivity contribution < 1.29 is 20.1 Å². The molecule has 0 saturated heterocycles. The summed E-state index contributed by atoms with van der Waals surface area (Å²) in [7, 11) is 0. The predicted molar refractivity (Wildman–Crippen MR) is 91.0 cm³/mol. The van der Waals surface area contributed by atoms with Gasteiger partial charge in [-0.2, -0.15) is 0 Å². The first-order chi connectivity index (χ1) is 11.6. The van der Waals surface area contributed by atoms with Crippen LogP contribution in [0.4, 0.5) is 0 Å². The molecule has 3 rings (SSSR count). The molecule has 0 amide bonds. The third kappa shape index (κ3) is 3.52. The van der Waals surface area contributed by atoms with Gasteiger partial charge in [0.15, 0.2) is 11.5 Å². The Bertz CT molecular complexity index is 566. The van der Waals surface area contributed by atoms with Gasteiger partial charge in [-0.05, 0) is 36.8 Å². The van der Waals surface area contributed by atoms with E-state index in [1.54, 1.807) is 6.07 Å². The van der Waals surface area contributed by atoms with Crippen molar-refractivity contribution in [1.29, 1.82) is 0 Å². The zero-order chi connectivity index (χ0) is 17.1. The molecular weight excluding hydrogens is 308 g/mol. The molecule has 24 heavy (non-hydrogen) atoms. The van der Waals surface area contributed by atoms with E-state index < -0.39 is 0 Å². The van der Waals surface area contributed by atoms with E-state index in [4.69, 9.17) is 15.6 Å². The van der Waals surface area contributed by atoms with Crippen LogP contribution in [0.5, 0.6) is 11.5 Å². The van der Waals surface area contributed by atoms with Gasteiger partial charge in [-0.1, -0.05) is 12.5 Å². The molecule has 4 atom stereocenters. The molecule has 1 heterocycles. The van der Waals surface area contributed by atoms with Gasteiger partial charge in [-0.15, -0.1) is 0 Å². The molecule has 1 aliphatic carbocycles. The molecule has 1 aliphatic heterocycles. The lowest BCUT2D eigenvalue weighted by molar-refractivity contribution is -0.0620. The Hall–Kier alpha value is -1.34. The molecular formula is C18H28N2O4. The maximum atomic E-state index is 10.3. The van der Waals surface area contributed by atoms with Crippen molar-refractivity contribution in [3.63, 3.8) is 0 Å². The minimum Gasteiger partial charge on any atom is -0.504 e. The first kappa shape index (κ1) is 17.5. The lowest BCUT2D eigenvalue weighted by Crippen LogP contribution is -2.42. The van der Waals surface area contributed by atoms with E-state index in [0.29, 0.717) is 31.5 Å². The minimum absolute atomic E-state index is 0.00234. The van der Waals surface area contributed by atoms with E-state index in [9.17, 15) is 10.2 Å². The normalized spacial score (nSPS) is 30.1. The van der Waals surface area contributed by atoms with E-state index in [1.807, 2.05) is 0 Å². The van der Waals surface area contributed by atoms with Gasteiger partial charge in [0.25, 0.3) is 0 Å². The van der Waals surface area contributed by atoms with Crippen LogP contribution in [0.2, 0.25) is 0 Å². The molecule has 6 nitrogen and oxygen atoms in total. The third-order valence-electron chi connectivity index (χ3n) is 5.39. The number of phenols is 2. The van der Waals surface area contributed by atoms with Crippen molar-refractivity contribution in [2.24, 2.45) is 11.7 Å². The quantitative estimate of drug-likeness (QED) is 0.517. The summed E-state index contributed by atoms with van der Waals surface area (Å²) in [6.45, 7) is 1.12. The SMILES string of the molecule is NCC1OC(C2CCCC(NCCO)C2)Cc2c1ccc(O)c2O. The van der Waals surface area contributed by atoms with E-state index in [2.05, 4.69) is 5.32 Å². The standard InChI is InChI=1S/C18H28N2O4/c19-10-17-13-4-5-15(22)18(23)14(13)9-16(24-17)11-2-1-3-12(8-11)20-6-7-21/h4-5,11-12,16-17,20-23H,1-3,6-10,19H2. The van der Waals surface area contributed by atoms with Crippen molar-refractivity contribution in [3.05, 3.63) is 23.3 Å². The highest BCUT2D eigenvalue weighted by Gasteiger charge is 2.36. The number of fused-ring (bicyclic) bond motifs is 1. The fraction of sp³-hybridized carbons (Fsp3) is 0.667. The summed E-state index contributed by atoms with van der Waals surface area (Å²) in [5.41, 5.74) is 7.54. The van der Waals surface area contributed by atoms with Crippen molar-refractivity contribution in [2.75, 3.05) is 19.7 Å². The van der Waals surface area contributed by atoms with Gasteiger partial charge in [-0.25, -0.2) is 0 Å². The van der Waals surface area contributed by atoms with E-state index in [-0.39, 0.29) is 30.3 Å². The largest absolute Gasteiger partial charge is 0.504 e. The number of aromatic hydroxyl groups is 2. The highest BCUT2D eigenvalue weighted by Crippen LogP contribution is 2.43. The number of ether oxygens (including phenoxy) is 1. The summed E-state index contributed by atoms with van der Waals surface area (Å²) in [5.74, 6) is 0.264. The van der Waals surface area contributed by atoms with Crippen LogP contribution in [0.1, 0.15) is 42.9 Å². The summed E-state index contributed by atoms with van der Waals surface area (Å²) in [5, 5.41) is 32.4. The zero-order valence-electron chi connectivity index (χ0n) is 13.9. The summed E-state index contributed by atoms with van der Waals surface area (Å²) >= 11 is 0. The Kier molecular flexibility index (Phi) is 5.61. The van der Waals surface area contributed by atoms with Gasteiger partial charge in [0.05, 0.1) is 18.8 Å². The molecule has 6 N–H and O–H groups in total. The van der Waals surface area contributed by atoms with Gasteiger partial charge < -0.3 is 31.1 Å². The van der Waals surface area contributed by atoms with Crippen LogP contribution < -0.4 is 11.1 Å². The second-order valence-corrected chi connectivity index (χ2v) is 6.91. The molecule has 0 radical (unpaired) electrons. The van der Waals surface area contributed by atoms with Gasteiger partial charge >= 0.3 is 0 Å². The molecule has 0 spiro atoms. The maximum Gasteiger partial charge on any atom is 0.161 e. The van der Waals surface area contributed by atoms with Gasteiger partial charge in [0.1, 0.15) is 0 Å². The first-order valence-corrected chi connectivity index (χ1v) is 8.87. The van der Waals surface area contributed by atoms with Crippen LogP contribution in [-0.4, -0.2) is 47.2 Å². The van der Waals surface area contributed by atoms with Crippen LogP contribution in [0.25, 0.3) is 0 Å². The number of hydrogen-bond donors (Lipinski definition) is 5. The zero-order valence-corrected chi connectivity index (χ0v) is 13.9. The topological polar surface area (TPSA) is 108 Å². The van der Waals surface area contributed by atoms with E-state index >= 15 is 0 Å². The first-order valence-electron chi connectivity index (χ1n) is 8.87. The molecule has 6 heteroatoms. The minimum atomic E-state index is -0.240. The van der Waals surface area contributed by atoms with Crippen molar-refractivity contribution in [3.8, 4) is 11.5 Å². The maximum absolute atomic E-state index is 10.3. The monoisotopic (exact) mass is 336 g/mol. The fourth-order valence-electron chi connectivity index (χ4n) is 4.17. The van der Waals surface area contributed by atoms with Crippen molar-refractivity contribution in [1.82, 2.24) is 5.32 Å². The molecule has 0 aromatic heterocycles. The predicted octanol–water partition coefficient (Wildman–Crippen LogP) is 1.18. The second kappa shape index (κ2) is 7.70. The lowest BCUT2D eigenvalue weighted by atomic mass is 9.78. The molecule has 0 bridgehead atoms. The van der Waals surface area contributed by atoms with Crippen LogP contribution in [-0.2, 0) is 11.2 Å². The summed E-state index contributed by atoms with van der Waals surface area (Å²) in [6.07, 6.45) is 4.69. The Labute approximate surface area is 142 Å². The average molecular weight is 336 g/mol. The number of benzene rings is 1. The number of nitrogens with two attached hydrogens (primary N) is 1. The van der Waals surface area contributed by atoms with Crippen LogP contribution in [0.15, 0.2) is 12.1 Å². The number of hydrogen-bond acceptors (Lipinski definition) is 6. The van der Waals surface area contributed by atoms with E-state index in [0.717, 1.165) is 36.8 Å². The number of aliphatic hydroxyl groups excluding tert-OH is 1. The van der Waals surface area contributed by atoms with Gasteiger partial charge in [0.2, 0.25) is 0 Å². The Morgan fingerprint density at radius 3 is 2.83 bits per heavy atom. The number of phenolic OH excluding ortho intramolecular Hbond substituents is 2. The van der Waals surface area contributed by atoms with Crippen molar-refractivity contribution in [2.45, 2.75) is 50.4 Å². The fourth-order valence-corrected chi connectivity index (χ4v) is 4.17. The number of aliphatic hydroxyl groups is 1. The molecule has 1 saturated carbocycles. The van der Waals surface area contributed by atoms with E-state index in [1.165, 1.54) is 6.07 Å². The van der Waals surface area contributed by atoms with Crippen LogP contribution in [0, 0.1) is 5.92 Å². The lowest BCUT2D eigenvalue weighted by Gasteiger charge is -2.40. The third-order valence-corrected chi connectivity index (χ3v) is 5.39. The highest BCUT2D eigenvalue weighted by atomic mass is 16.5. The molecule has 134 valence electrons. The molecule has 1 fully saturated rings. The van der Waals surface area contributed by atoms with Crippen LogP contribution >= 0.6 is 0 Å². The van der Waals surface area contributed by atoms with Gasteiger partial charge in [0, 0.05) is 31.1 Å². The molecule has 2 aliphatic rings. The smallest absolute Gasteiger partial charge is 0.161 e. The molecule has 1 aromatic carbocycles. The second-order valence-electron chi connectivity index (χ2n) is 6.91. The Morgan fingerprint density at radius 1 is 1.25 bits per heavy atom. The van der Waals surface area contributed by atoms with Gasteiger partial charge in [-0.3, -0.25) is 0 Å². The summed E-state index contributed by atoms with van der Waals surface area (Å²) < 4.78 is 6.25. The molecule has 1 aromatic rings. The average Bonchev–Trinajstić information content (AvgIpc) is 2.62. The Balaban J connectivity index is 1.76. The summed E-state index contributed by atoms with van der Waals surface area (Å²) in [6, 6.07) is 3.69. The molecule has 4 unspecified atom stereocenters. The number of nitrogens with one attached hydrogen (secondary N) is 1. The Morgan fingerprint density at radius 2 is 2.08 bits per heavy atom. The highest BCUT2D eigenvalue weighted by molar-refractivity contribution is 5.51. The summed E-state index contributed by atoms with van der Waals surface area (Å²) in [4.78, 5) is 0. The van der Waals surface area contributed by atoms with Crippen molar-refractivity contribution >= 4 is 0 Å².